The molecule has 0 bridgehead atoms. The Morgan fingerprint density at radius 2 is 1.69 bits per heavy atom. The molecule has 0 spiro atoms. The number of anilines is 1. The van der Waals surface area contributed by atoms with Gasteiger partial charge in [-0.15, -0.1) is 0 Å². The van der Waals surface area contributed by atoms with Crippen molar-refractivity contribution >= 4 is 17.6 Å². The molecule has 0 saturated heterocycles. The van der Waals surface area contributed by atoms with Gasteiger partial charge in [0.1, 0.15) is 18.9 Å². The van der Waals surface area contributed by atoms with E-state index in [9.17, 15) is 14.4 Å². The highest BCUT2D eigenvalue weighted by Crippen LogP contribution is 2.17. The predicted molar refractivity (Wildman–Crippen MR) is 108 cm³/mol. The summed E-state index contributed by atoms with van der Waals surface area (Å²) in [7, 11) is 1.25. The van der Waals surface area contributed by atoms with Crippen LogP contribution in [-0.4, -0.2) is 23.6 Å². The van der Waals surface area contributed by atoms with Crippen molar-refractivity contribution in [3.05, 3.63) is 94.4 Å². The average Bonchev–Trinajstić information content (AvgIpc) is 2.75. The highest BCUT2D eigenvalue weighted by molar-refractivity contribution is 5.91. The highest BCUT2D eigenvalue weighted by Gasteiger charge is 2.10. The maximum absolute atomic E-state index is 12.3. The number of ether oxygens (including phenoxy) is 2. The van der Waals surface area contributed by atoms with Crippen molar-refractivity contribution in [2.45, 2.75) is 13.2 Å². The van der Waals surface area contributed by atoms with Crippen LogP contribution < -0.4 is 15.6 Å². The third-order valence-electron chi connectivity index (χ3n) is 4.10. The van der Waals surface area contributed by atoms with Gasteiger partial charge in [-0.25, -0.2) is 4.79 Å². The lowest BCUT2D eigenvalue weighted by atomic mass is 10.2. The van der Waals surface area contributed by atoms with E-state index < -0.39 is 17.4 Å². The molecule has 1 aromatic heterocycles. The summed E-state index contributed by atoms with van der Waals surface area (Å²) in [5.74, 6) is -0.300. The van der Waals surface area contributed by atoms with Crippen LogP contribution in [0.15, 0.2) is 77.7 Å². The van der Waals surface area contributed by atoms with Gasteiger partial charge < -0.3 is 19.4 Å². The summed E-state index contributed by atoms with van der Waals surface area (Å²) in [6, 6.07) is 19.3. The van der Waals surface area contributed by atoms with Crippen LogP contribution in [-0.2, 0) is 22.7 Å². The normalized spacial score (nSPS) is 10.2. The van der Waals surface area contributed by atoms with Crippen LogP contribution in [0.1, 0.15) is 15.9 Å². The second-order valence-electron chi connectivity index (χ2n) is 6.22. The van der Waals surface area contributed by atoms with Crippen molar-refractivity contribution in [1.82, 2.24) is 4.57 Å². The van der Waals surface area contributed by atoms with Gasteiger partial charge in [-0.1, -0.05) is 30.3 Å². The molecule has 2 aromatic carbocycles. The first kappa shape index (κ1) is 19.9. The second-order valence-corrected chi connectivity index (χ2v) is 6.22. The lowest BCUT2D eigenvalue weighted by molar-refractivity contribution is -0.116. The zero-order valence-electron chi connectivity index (χ0n) is 15.8. The number of pyridine rings is 1. The first-order valence-electron chi connectivity index (χ1n) is 8.90. The minimum absolute atomic E-state index is 0.194. The Balaban J connectivity index is 1.58. The standard InChI is InChI=1S/C22H20N2O5/c1-28-22(27)17-7-12-21(26)24(13-17)14-20(25)23-18-8-10-19(11-9-18)29-15-16-5-3-2-4-6-16/h2-13H,14-15H2,1H3,(H,23,25). The third-order valence-corrected chi connectivity index (χ3v) is 4.10. The zero-order chi connectivity index (χ0) is 20.6. The molecule has 148 valence electrons. The zero-order valence-corrected chi connectivity index (χ0v) is 15.8. The number of aromatic nitrogens is 1. The smallest absolute Gasteiger partial charge is 0.339 e. The monoisotopic (exact) mass is 392 g/mol. The first-order chi connectivity index (χ1) is 14.0. The highest BCUT2D eigenvalue weighted by atomic mass is 16.5. The number of carbonyl (C=O) groups is 2. The molecule has 3 aromatic rings. The number of carbonyl (C=O) groups excluding carboxylic acids is 2. The fraction of sp³-hybridized carbons (Fsp3) is 0.136. The summed E-state index contributed by atoms with van der Waals surface area (Å²) in [5, 5.41) is 2.71. The van der Waals surface area contributed by atoms with Crippen LogP contribution in [0.3, 0.4) is 0 Å². The van der Waals surface area contributed by atoms with Crippen molar-refractivity contribution in [3.8, 4) is 5.75 Å². The quantitative estimate of drug-likeness (QED) is 0.625. The molecule has 3 rings (SSSR count). The van der Waals surface area contributed by atoms with Gasteiger partial charge in [-0.05, 0) is 35.9 Å². The number of amides is 1. The summed E-state index contributed by atoms with van der Waals surface area (Å²) < 4.78 is 11.5. The predicted octanol–water partition coefficient (Wildman–Crippen LogP) is 2.85. The van der Waals surface area contributed by atoms with Gasteiger partial charge in [0.25, 0.3) is 5.56 Å². The van der Waals surface area contributed by atoms with Gasteiger partial charge >= 0.3 is 5.97 Å². The van der Waals surface area contributed by atoms with E-state index >= 15 is 0 Å². The van der Waals surface area contributed by atoms with Gasteiger partial charge in [-0.3, -0.25) is 9.59 Å². The van der Waals surface area contributed by atoms with Gasteiger partial charge in [-0.2, -0.15) is 0 Å². The molecule has 0 aliphatic carbocycles. The summed E-state index contributed by atoms with van der Waals surface area (Å²) >= 11 is 0. The van der Waals surface area contributed by atoms with Crippen LogP contribution in [0.4, 0.5) is 5.69 Å². The fourth-order valence-electron chi connectivity index (χ4n) is 2.62. The van der Waals surface area contributed by atoms with Gasteiger partial charge in [0.15, 0.2) is 0 Å². The van der Waals surface area contributed by atoms with E-state index in [1.54, 1.807) is 24.3 Å². The molecule has 1 heterocycles. The van der Waals surface area contributed by atoms with Crippen molar-refractivity contribution in [2.24, 2.45) is 0 Å². The maximum Gasteiger partial charge on any atom is 0.339 e. The number of methoxy groups -OCH3 is 1. The number of benzene rings is 2. The molecule has 1 amide bonds. The van der Waals surface area contributed by atoms with E-state index in [1.165, 1.54) is 25.4 Å². The SMILES string of the molecule is COC(=O)c1ccc(=O)n(CC(=O)Nc2ccc(OCc3ccccc3)cc2)c1. The fourth-order valence-corrected chi connectivity index (χ4v) is 2.62. The molecular weight excluding hydrogens is 372 g/mol. The Bertz CT molecular complexity index is 1040. The Morgan fingerprint density at radius 1 is 0.966 bits per heavy atom. The molecule has 0 aliphatic rings. The lowest BCUT2D eigenvalue weighted by Gasteiger charge is -2.10. The topological polar surface area (TPSA) is 86.6 Å². The van der Waals surface area contributed by atoms with Crippen molar-refractivity contribution < 1.29 is 19.1 Å². The van der Waals surface area contributed by atoms with Crippen LogP contribution >= 0.6 is 0 Å². The van der Waals surface area contributed by atoms with E-state index in [0.29, 0.717) is 18.0 Å². The molecule has 0 atom stereocenters. The van der Waals surface area contributed by atoms with Crippen LogP contribution in [0.25, 0.3) is 0 Å². The van der Waals surface area contributed by atoms with Crippen LogP contribution in [0.2, 0.25) is 0 Å². The molecule has 1 N–H and O–H groups in total. The summed E-state index contributed by atoms with van der Waals surface area (Å²) in [5.41, 5.74) is 1.43. The maximum atomic E-state index is 12.3. The minimum Gasteiger partial charge on any atom is -0.489 e. The van der Waals surface area contributed by atoms with Crippen LogP contribution in [0, 0.1) is 0 Å². The van der Waals surface area contributed by atoms with E-state index in [2.05, 4.69) is 10.1 Å². The Morgan fingerprint density at radius 3 is 2.38 bits per heavy atom. The number of hydrogen-bond acceptors (Lipinski definition) is 5. The Hall–Kier alpha value is -3.87. The molecular formula is C22H20N2O5. The molecule has 29 heavy (non-hydrogen) atoms. The Labute approximate surface area is 167 Å². The molecule has 0 saturated carbocycles. The number of esters is 1. The summed E-state index contributed by atoms with van der Waals surface area (Å²) in [6.07, 6.45) is 1.30. The molecule has 0 radical (unpaired) electrons. The number of nitrogens with one attached hydrogen (secondary N) is 1. The van der Waals surface area contributed by atoms with Gasteiger partial charge in [0.2, 0.25) is 5.91 Å². The largest absolute Gasteiger partial charge is 0.489 e. The summed E-state index contributed by atoms with van der Waals surface area (Å²) in [4.78, 5) is 35.8. The van der Waals surface area contributed by atoms with Crippen LogP contribution in [0.5, 0.6) is 5.75 Å². The molecule has 0 aliphatic heterocycles. The first-order valence-corrected chi connectivity index (χ1v) is 8.90. The molecule has 7 nitrogen and oxygen atoms in total. The lowest BCUT2D eigenvalue weighted by Crippen LogP contribution is -2.27. The second kappa shape index (κ2) is 9.36. The molecule has 0 fully saturated rings. The number of hydrogen-bond donors (Lipinski definition) is 1. The van der Waals surface area contributed by atoms with E-state index in [4.69, 9.17) is 4.74 Å². The number of rotatable bonds is 7. The van der Waals surface area contributed by atoms with Gasteiger partial charge in [0, 0.05) is 18.0 Å². The minimum atomic E-state index is -0.578. The number of nitrogens with zero attached hydrogens (tertiary/aromatic N) is 1. The van der Waals surface area contributed by atoms with Crippen molar-refractivity contribution in [1.29, 1.82) is 0 Å². The van der Waals surface area contributed by atoms with E-state index in [1.807, 2.05) is 30.3 Å². The van der Waals surface area contributed by atoms with Crippen molar-refractivity contribution in [3.63, 3.8) is 0 Å². The van der Waals surface area contributed by atoms with Crippen molar-refractivity contribution in [2.75, 3.05) is 12.4 Å². The average molecular weight is 392 g/mol. The van der Waals surface area contributed by atoms with E-state index in [-0.39, 0.29) is 12.1 Å². The molecule has 0 unspecified atom stereocenters. The Kier molecular flexibility index (Phi) is 6.42. The summed E-state index contributed by atoms with van der Waals surface area (Å²) in [6.45, 7) is 0.224. The van der Waals surface area contributed by atoms with Gasteiger partial charge in [0.05, 0.1) is 12.7 Å². The van der Waals surface area contributed by atoms with E-state index in [0.717, 1.165) is 10.1 Å². The third kappa shape index (κ3) is 5.55. The molecule has 7 heteroatoms.